The van der Waals surface area contributed by atoms with Crippen LogP contribution >= 0.6 is 12.6 Å². The quantitative estimate of drug-likeness (QED) is 0.0167. The Hall–Kier alpha value is -9.73. The van der Waals surface area contributed by atoms with Gasteiger partial charge in [0.05, 0.1) is 61.5 Å². The number of anilines is 3. The van der Waals surface area contributed by atoms with Crippen LogP contribution in [0.25, 0.3) is 0 Å². The monoisotopic (exact) mass is 1660 g/mol. The van der Waals surface area contributed by atoms with E-state index < -0.39 is 301 Å². The van der Waals surface area contributed by atoms with Gasteiger partial charge in [-0.3, -0.25) is 67.1 Å². The number of aliphatic hydroxyl groups excluding tert-OH is 10. The number of urea groups is 1. The third kappa shape index (κ3) is 32.0. The first kappa shape index (κ1) is 98.6. The number of ketones is 4. The standard InChI is InChI=1S/C74H109N11O30S/c1-74(2,3)58(96)32-85-50-15-8-7-14-49(50)84(42-12-5-4-6-13-42)31-46(71(85)111)83-73(114)78-41-11-9-10-38(26-41)52(90)27-39(16-24-61(99)100)67(107)80-45(20-23-60(98)77-30-55(93)64(104)66(106)57(95)34-87)53(91)28-40(17-25-62(101)102)68(108)79-44(19-22-59(97)76-29-54(92)63(103)65(105)56(94)33-86)51(89)21-18-43(75)69(109)81-47(35-115-37-88)70(110)82-48(36-116)72(112)113/h7-11,14-15,26,37,39-40,42-48,54-57,63-66,86-87,92-95,103-106,116H,4-6,12-13,16-25,27-36,75H2,1-3H3,(H,76,97)(H,77,98)(H,79,108)(H,80,107)(H,81,109)(H,82,110)(H,99,100)(H,101,102)(H,112,113)(H2,78,83,114)/t39-,40-,43-,44+,45+,46+,47-,48-,54+,55+,56+,57+,63-,64-,65-,66-/m0/s1. The number of Topliss-reactive ketones (excluding diaryl/α,β-unsaturated/α-hetero) is 4. The van der Waals surface area contributed by atoms with Gasteiger partial charge >= 0.3 is 23.9 Å². The number of nitrogens with two attached hydrogens (primary N) is 1. The fourth-order valence-electron chi connectivity index (χ4n) is 12.5. The molecule has 2 aromatic rings. The van der Waals surface area contributed by atoms with Gasteiger partial charge in [-0.15, -0.1) is 0 Å². The molecule has 0 radical (unpaired) electrons. The van der Waals surface area contributed by atoms with Crippen LogP contribution in [0.2, 0.25) is 0 Å². The maximum atomic E-state index is 14.9. The summed E-state index contributed by atoms with van der Waals surface area (Å²) in [5.74, 6) is -19.4. The molecule has 42 heteroatoms. The average Bonchev–Trinajstić information content (AvgIpc) is 1.62. The van der Waals surface area contributed by atoms with Crippen LogP contribution in [-0.4, -0.2) is 304 Å². The number of carboxylic acids is 3. The predicted octanol–water partition coefficient (Wildman–Crippen LogP) is -5.06. The molecule has 0 bridgehead atoms. The maximum Gasteiger partial charge on any atom is 0.327 e. The van der Waals surface area contributed by atoms with Crippen molar-refractivity contribution >= 4 is 125 Å². The largest absolute Gasteiger partial charge is 0.481 e. The first-order valence-corrected chi connectivity index (χ1v) is 38.3. The molecule has 646 valence electrons. The Kier molecular flexibility index (Phi) is 41.4. The number of para-hydroxylation sites is 2. The van der Waals surface area contributed by atoms with Gasteiger partial charge < -0.3 is 129 Å². The number of carbonyl (C=O) groups excluding carboxylic acids is 13. The summed E-state index contributed by atoms with van der Waals surface area (Å²) in [6.45, 7) is 0.0809. The summed E-state index contributed by atoms with van der Waals surface area (Å²) >= 11 is 3.86. The summed E-state index contributed by atoms with van der Waals surface area (Å²) in [5.41, 5.74) is 6.24. The lowest BCUT2D eigenvalue weighted by atomic mass is 9.89. The topological polar surface area (TPSA) is 674 Å². The summed E-state index contributed by atoms with van der Waals surface area (Å²) in [6.07, 6.45) is -21.5. The van der Waals surface area contributed by atoms with Gasteiger partial charge in [-0.05, 0) is 69.2 Å². The molecule has 41 nitrogen and oxygen atoms in total. The smallest absolute Gasteiger partial charge is 0.327 e. The lowest BCUT2D eigenvalue weighted by Crippen LogP contribution is -2.56. The maximum absolute atomic E-state index is 14.9. The number of aliphatic carboxylic acids is 3. The van der Waals surface area contributed by atoms with E-state index in [9.17, 15) is 143 Å². The molecule has 2 aliphatic rings. The van der Waals surface area contributed by atoms with Crippen LogP contribution in [-0.2, 0) is 71.9 Å². The highest BCUT2D eigenvalue weighted by Gasteiger charge is 2.41. The van der Waals surface area contributed by atoms with E-state index in [2.05, 4.69) is 64.8 Å². The fourth-order valence-corrected chi connectivity index (χ4v) is 12.7. The number of carbonyl (C=O) groups is 16. The molecule has 1 aliphatic carbocycles. The average molecular weight is 1660 g/mol. The van der Waals surface area contributed by atoms with Crippen molar-refractivity contribution in [1.82, 2.24) is 37.2 Å². The fraction of sp³-hybridized carbons (Fsp3) is 0.622. The van der Waals surface area contributed by atoms with E-state index in [1.54, 1.807) is 32.9 Å². The van der Waals surface area contributed by atoms with Crippen molar-refractivity contribution in [3.05, 3.63) is 54.1 Å². The Bertz CT molecular complexity index is 3720. The first-order chi connectivity index (χ1) is 54.7. The summed E-state index contributed by atoms with van der Waals surface area (Å²) in [5, 5.41) is 148. The molecule has 0 unspecified atom stereocenters. The van der Waals surface area contributed by atoms with Crippen LogP contribution in [0.5, 0.6) is 0 Å². The van der Waals surface area contributed by atoms with Crippen molar-refractivity contribution < 1.29 is 148 Å². The number of benzene rings is 2. The second-order valence-electron chi connectivity index (χ2n) is 29.4. The summed E-state index contributed by atoms with van der Waals surface area (Å²) in [7, 11) is 0. The molecule has 16 atom stereocenters. The van der Waals surface area contributed by atoms with Crippen molar-refractivity contribution in [2.45, 2.75) is 221 Å². The molecule has 1 aliphatic heterocycles. The van der Waals surface area contributed by atoms with Crippen LogP contribution in [0.3, 0.4) is 0 Å². The number of hydrogen-bond acceptors (Lipinski definition) is 30. The molecule has 1 saturated carbocycles. The minimum atomic E-state index is -2.17. The van der Waals surface area contributed by atoms with Gasteiger partial charge in [0.25, 0.3) is 12.4 Å². The Morgan fingerprint density at radius 2 is 1.09 bits per heavy atom. The minimum absolute atomic E-state index is 0.0136. The minimum Gasteiger partial charge on any atom is -0.481 e. The van der Waals surface area contributed by atoms with Gasteiger partial charge in [0, 0.05) is 105 Å². The number of hydrogen-bond donors (Lipinski definition) is 23. The number of carboxylic acid groups (broad SMARTS) is 3. The number of aliphatic hydroxyl groups is 10. The molecule has 0 saturated heterocycles. The SMILES string of the molecule is CC(C)(C)C(=O)CN1C(=O)[C@H](NC(=O)Nc2cccc(C(=O)C[C@H](CCC(=O)O)C(=O)N[C@H](CCC(=O)NC[C@@H](O)[C@H](O)[C@@H](O)[C@H](O)CO)C(=O)C[C@H](CCC(=O)O)C(=O)N[C@H](CCC(=O)NC[C@@H](O)[C@H](O)[C@@H](O)[C@H](O)CO)C(=O)CC[C@H](N)C(=O)N[C@@H](COC=O)C(=O)N[C@@H](CS)C(=O)O)c2)CN(C2CCCCC2)c2ccccc21. The molecule has 1 heterocycles. The third-order valence-electron chi connectivity index (χ3n) is 19.6. The Labute approximate surface area is 672 Å². The van der Waals surface area contributed by atoms with Crippen molar-refractivity contribution in [1.29, 1.82) is 0 Å². The zero-order chi connectivity index (χ0) is 86.8. The molecule has 0 aromatic heterocycles. The number of amides is 9. The highest BCUT2D eigenvalue weighted by molar-refractivity contribution is 7.80. The molecular weight excluding hydrogens is 1550 g/mol. The van der Waals surface area contributed by atoms with Gasteiger partial charge in [0.15, 0.2) is 23.1 Å². The number of ether oxygens (including phenoxy) is 1. The molecule has 0 spiro atoms. The van der Waals surface area contributed by atoms with E-state index in [1.165, 1.54) is 29.2 Å². The van der Waals surface area contributed by atoms with Crippen molar-refractivity contribution in [3.63, 3.8) is 0 Å². The van der Waals surface area contributed by atoms with Gasteiger partial charge in [0.1, 0.15) is 61.4 Å². The second kappa shape index (κ2) is 48.7. The van der Waals surface area contributed by atoms with Gasteiger partial charge in [0.2, 0.25) is 35.4 Å². The van der Waals surface area contributed by atoms with Crippen LogP contribution in [0, 0.1) is 17.3 Å². The van der Waals surface area contributed by atoms with Gasteiger partial charge in [-0.25, -0.2) is 9.59 Å². The van der Waals surface area contributed by atoms with E-state index in [0.29, 0.717) is 11.4 Å². The molecule has 23 N–H and O–H groups in total. The normalized spacial score (nSPS) is 17.7. The Balaban J connectivity index is 1.70. The number of fused-ring (bicyclic) bond motifs is 1. The summed E-state index contributed by atoms with van der Waals surface area (Å²) in [4.78, 5) is 219. The zero-order valence-corrected chi connectivity index (χ0v) is 65.3. The highest BCUT2D eigenvalue weighted by Crippen LogP contribution is 2.38. The van der Waals surface area contributed by atoms with Crippen LogP contribution < -0.4 is 58.1 Å². The van der Waals surface area contributed by atoms with E-state index >= 15 is 0 Å². The lowest BCUT2D eigenvalue weighted by Gasteiger charge is -2.37. The van der Waals surface area contributed by atoms with Gasteiger partial charge in [-0.1, -0.05) is 64.3 Å². The number of thiol groups is 1. The molecule has 1 fully saturated rings. The van der Waals surface area contributed by atoms with Gasteiger partial charge in [-0.2, -0.15) is 12.6 Å². The number of rotatable bonds is 52. The molecule has 4 rings (SSSR count). The Morgan fingerprint density at radius 1 is 0.586 bits per heavy atom. The second-order valence-corrected chi connectivity index (χ2v) is 29.8. The summed E-state index contributed by atoms with van der Waals surface area (Å²) in [6, 6.07) is 1.29. The van der Waals surface area contributed by atoms with E-state index in [-0.39, 0.29) is 42.6 Å². The molecule has 116 heavy (non-hydrogen) atoms. The number of nitrogens with one attached hydrogen (secondary N) is 8. The number of nitrogens with zero attached hydrogens (tertiary/aromatic N) is 2. The van der Waals surface area contributed by atoms with Crippen molar-refractivity contribution in [2.24, 2.45) is 23.0 Å². The third-order valence-corrected chi connectivity index (χ3v) is 19.9. The molecule has 2 aromatic carbocycles. The van der Waals surface area contributed by atoms with E-state index in [4.69, 9.17) is 5.73 Å². The zero-order valence-electron chi connectivity index (χ0n) is 64.4. The van der Waals surface area contributed by atoms with Crippen LogP contribution in [0.15, 0.2) is 48.5 Å². The van der Waals surface area contributed by atoms with Crippen LogP contribution in [0.1, 0.15) is 140 Å². The summed E-state index contributed by atoms with van der Waals surface area (Å²) < 4.78 is 4.61. The molecule has 9 amide bonds. The van der Waals surface area contributed by atoms with Crippen LogP contribution in [0.4, 0.5) is 21.9 Å². The van der Waals surface area contributed by atoms with E-state index in [1.807, 2.05) is 12.1 Å². The van der Waals surface area contributed by atoms with Crippen molar-refractivity contribution in [2.75, 3.05) is 66.9 Å². The highest BCUT2D eigenvalue weighted by atomic mass is 32.1. The van der Waals surface area contributed by atoms with E-state index in [0.717, 1.165) is 32.1 Å². The predicted molar refractivity (Wildman–Crippen MR) is 409 cm³/mol. The lowest BCUT2D eigenvalue weighted by molar-refractivity contribution is -0.142. The van der Waals surface area contributed by atoms with Crippen molar-refractivity contribution in [3.8, 4) is 0 Å². The molecular formula is C74H109N11O30S. The Morgan fingerprint density at radius 3 is 1.59 bits per heavy atom. The first-order valence-electron chi connectivity index (χ1n) is 37.6.